The summed E-state index contributed by atoms with van der Waals surface area (Å²) < 4.78 is 0. The number of hydrogen-bond donors (Lipinski definition) is 1. The smallest absolute Gasteiger partial charge is 0.0331 e. The molecule has 1 atom stereocenters. The van der Waals surface area contributed by atoms with E-state index in [4.69, 9.17) is 0 Å². The van der Waals surface area contributed by atoms with Gasteiger partial charge in [-0.15, -0.1) is 11.3 Å². The molecule has 1 heterocycles. The number of nitrogens with one attached hydrogen (secondary N) is 1. The molecule has 0 spiro atoms. The van der Waals surface area contributed by atoms with Crippen LogP contribution in [0.1, 0.15) is 32.6 Å². The minimum Gasteiger partial charge on any atom is -0.313 e. The molecule has 0 aromatic carbocycles. The summed E-state index contributed by atoms with van der Waals surface area (Å²) in [5, 5.41) is 5.65. The minimum absolute atomic E-state index is 0.572. The molecule has 0 saturated heterocycles. The lowest BCUT2D eigenvalue weighted by Crippen LogP contribution is -2.41. The lowest BCUT2D eigenvalue weighted by atomic mass is 10.2. The summed E-state index contributed by atoms with van der Waals surface area (Å²) in [6.07, 6.45) is 0. The second-order valence-corrected chi connectivity index (χ2v) is 5.59. The topological polar surface area (TPSA) is 15.3 Å². The molecule has 0 aliphatic carbocycles. The molecular weight excluding hydrogens is 216 g/mol. The van der Waals surface area contributed by atoms with Crippen LogP contribution in [0.3, 0.4) is 0 Å². The fourth-order valence-corrected chi connectivity index (χ4v) is 2.45. The predicted molar refractivity (Wildman–Crippen MR) is 73.0 cm³/mol. The summed E-state index contributed by atoms with van der Waals surface area (Å²) in [7, 11) is 0. The highest BCUT2D eigenvalue weighted by atomic mass is 32.1. The van der Waals surface area contributed by atoms with Crippen molar-refractivity contribution in [2.75, 3.05) is 13.1 Å². The third-order valence-corrected chi connectivity index (χ3v) is 3.65. The first-order chi connectivity index (χ1) is 7.63. The fourth-order valence-electron chi connectivity index (χ4n) is 1.72. The van der Waals surface area contributed by atoms with Gasteiger partial charge in [0.05, 0.1) is 0 Å². The zero-order chi connectivity index (χ0) is 12.0. The van der Waals surface area contributed by atoms with Crippen molar-refractivity contribution >= 4 is 11.3 Å². The Labute approximate surface area is 104 Å². The van der Waals surface area contributed by atoms with Crippen LogP contribution in [0.2, 0.25) is 0 Å². The maximum atomic E-state index is 3.50. The first-order valence-corrected chi connectivity index (χ1v) is 7.01. The summed E-state index contributed by atoms with van der Waals surface area (Å²) in [6.45, 7) is 12.2. The summed E-state index contributed by atoms with van der Waals surface area (Å²) in [6, 6.07) is 5.51. The van der Waals surface area contributed by atoms with E-state index in [-0.39, 0.29) is 0 Å². The Bertz CT molecular complexity index is 269. The van der Waals surface area contributed by atoms with E-state index in [1.54, 1.807) is 0 Å². The van der Waals surface area contributed by atoms with Crippen molar-refractivity contribution in [3.8, 4) is 0 Å². The highest BCUT2D eigenvalue weighted by Gasteiger charge is 2.12. The van der Waals surface area contributed by atoms with Gasteiger partial charge in [0.1, 0.15) is 0 Å². The average molecular weight is 240 g/mol. The standard InChI is InChI=1S/C13H24N2S/c1-5-15(10-13-7-6-8-16-13)12(4)9-14-11(2)3/h6-8,11-12,14H,5,9-10H2,1-4H3. The van der Waals surface area contributed by atoms with Crippen LogP contribution in [0.25, 0.3) is 0 Å². The van der Waals surface area contributed by atoms with Crippen LogP contribution < -0.4 is 5.32 Å². The predicted octanol–water partition coefficient (Wildman–Crippen LogP) is 2.96. The summed E-state index contributed by atoms with van der Waals surface area (Å²) >= 11 is 1.85. The van der Waals surface area contributed by atoms with Crippen LogP contribution in [0.15, 0.2) is 17.5 Å². The van der Waals surface area contributed by atoms with Gasteiger partial charge in [0.15, 0.2) is 0 Å². The summed E-state index contributed by atoms with van der Waals surface area (Å²) in [5.41, 5.74) is 0. The van der Waals surface area contributed by atoms with Crippen molar-refractivity contribution in [2.24, 2.45) is 0 Å². The normalized spacial score (nSPS) is 13.6. The van der Waals surface area contributed by atoms with E-state index >= 15 is 0 Å². The third-order valence-electron chi connectivity index (χ3n) is 2.79. The van der Waals surface area contributed by atoms with E-state index in [1.165, 1.54) is 4.88 Å². The molecule has 1 rings (SSSR count). The van der Waals surface area contributed by atoms with Gasteiger partial charge in [0.25, 0.3) is 0 Å². The Morgan fingerprint density at radius 2 is 2.12 bits per heavy atom. The lowest BCUT2D eigenvalue weighted by Gasteiger charge is -2.28. The average Bonchev–Trinajstić information content (AvgIpc) is 2.75. The Hall–Kier alpha value is -0.380. The third kappa shape index (κ3) is 4.64. The van der Waals surface area contributed by atoms with Crippen molar-refractivity contribution < 1.29 is 0 Å². The Balaban J connectivity index is 2.40. The highest BCUT2D eigenvalue weighted by Crippen LogP contribution is 2.13. The van der Waals surface area contributed by atoms with Gasteiger partial charge in [-0.1, -0.05) is 26.8 Å². The molecule has 0 aliphatic heterocycles. The van der Waals surface area contributed by atoms with Gasteiger partial charge in [-0.2, -0.15) is 0 Å². The van der Waals surface area contributed by atoms with Gasteiger partial charge in [-0.25, -0.2) is 0 Å². The van der Waals surface area contributed by atoms with E-state index in [1.807, 2.05) is 11.3 Å². The molecule has 0 saturated carbocycles. The minimum atomic E-state index is 0.572. The molecule has 1 aromatic heterocycles. The van der Waals surface area contributed by atoms with E-state index in [2.05, 4.69) is 55.4 Å². The van der Waals surface area contributed by atoms with Crippen molar-refractivity contribution in [3.05, 3.63) is 22.4 Å². The van der Waals surface area contributed by atoms with Gasteiger partial charge < -0.3 is 5.32 Å². The molecule has 0 bridgehead atoms. The number of rotatable bonds is 7. The molecule has 1 N–H and O–H groups in total. The molecule has 0 fully saturated rings. The Morgan fingerprint density at radius 3 is 2.62 bits per heavy atom. The van der Waals surface area contributed by atoms with Crippen LogP contribution in [-0.4, -0.2) is 30.1 Å². The van der Waals surface area contributed by atoms with E-state index < -0.39 is 0 Å². The molecule has 92 valence electrons. The first kappa shape index (κ1) is 13.7. The Kier molecular flexibility index (Phi) is 6.03. The maximum absolute atomic E-state index is 3.50. The quantitative estimate of drug-likeness (QED) is 0.788. The summed E-state index contributed by atoms with van der Waals surface area (Å²) in [4.78, 5) is 3.97. The monoisotopic (exact) mass is 240 g/mol. The van der Waals surface area contributed by atoms with Crippen LogP contribution >= 0.6 is 11.3 Å². The zero-order valence-electron chi connectivity index (χ0n) is 10.9. The van der Waals surface area contributed by atoms with Crippen LogP contribution in [0.4, 0.5) is 0 Å². The SMILES string of the molecule is CCN(Cc1cccs1)C(C)CNC(C)C. The van der Waals surface area contributed by atoms with Crippen LogP contribution in [0.5, 0.6) is 0 Å². The molecule has 0 amide bonds. The van der Waals surface area contributed by atoms with E-state index in [9.17, 15) is 0 Å². The molecular formula is C13H24N2S. The van der Waals surface area contributed by atoms with Crippen molar-refractivity contribution in [2.45, 2.75) is 46.3 Å². The largest absolute Gasteiger partial charge is 0.313 e. The fraction of sp³-hybridized carbons (Fsp3) is 0.692. The number of thiophene rings is 1. The van der Waals surface area contributed by atoms with Gasteiger partial charge in [0.2, 0.25) is 0 Å². The molecule has 0 aliphatic rings. The van der Waals surface area contributed by atoms with E-state index in [0.29, 0.717) is 12.1 Å². The van der Waals surface area contributed by atoms with Crippen molar-refractivity contribution in [1.82, 2.24) is 10.2 Å². The van der Waals surface area contributed by atoms with E-state index in [0.717, 1.165) is 19.6 Å². The zero-order valence-corrected chi connectivity index (χ0v) is 11.7. The van der Waals surface area contributed by atoms with Gasteiger partial charge in [0, 0.05) is 30.1 Å². The van der Waals surface area contributed by atoms with Crippen molar-refractivity contribution in [1.29, 1.82) is 0 Å². The summed E-state index contributed by atoms with van der Waals surface area (Å²) in [5.74, 6) is 0. The molecule has 1 unspecified atom stereocenters. The number of likely N-dealkylation sites (N-methyl/N-ethyl adjacent to an activating group) is 1. The second kappa shape index (κ2) is 7.05. The van der Waals surface area contributed by atoms with Crippen LogP contribution in [-0.2, 0) is 6.54 Å². The molecule has 3 heteroatoms. The number of hydrogen-bond acceptors (Lipinski definition) is 3. The van der Waals surface area contributed by atoms with Gasteiger partial charge >= 0.3 is 0 Å². The van der Waals surface area contributed by atoms with Crippen molar-refractivity contribution in [3.63, 3.8) is 0 Å². The Morgan fingerprint density at radius 1 is 1.38 bits per heavy atom. The molecule has 1 aromatic rings. The van der Waals surface area contributed by atoms with Crippen LogP contribution in [0, 0.1) is 0 Å². The lowest BCUT2D eigenvalue weighted by molar-refractivity contribution is 0.205. The van der Waals surface area contributed by atoms with Gasteiger partial charge in [-0.05, 0) is 24.9 Å². The first-order valence-electron chi connectivity index (χ1n) is 6.13. The molecule has 16 heavy (non-hydrogen) atoms. The highest BCUT2D eigenvalue weighted by molar-refractivity contribution is 7.09. The van der Waals surface area contributed by atoms with Gasteiger partial charge in [-0.3, -0.25) is 4.90 Å². The maximum Gasteiger partial charge on any atom is 0.0331 e. The molecule has 0 radical (unpaired) electrons. The number of nitrogens with zero attached hydrogens (tertiary/aromatic N) is 1. The molecule has 2 nitrogen and oxygen atoms in total. The second-order valence-electron chi connectivity index (χ2n) is 4.55.